The summed E-state index contributed by atoms with van der Waals surface area (Å²) in [5, 5.41) is 8.77. The Hall–Kier alpha value is -0.610. The minimum Gasteiger partial charge on any atom is -0.492 e. The van der Waals surface area contributed by atoms with Gasteiger partial charge in [0.15, 0.2) is 0 Å². The molecular weight excluding hydrogens is 251 g/mol. The second-order valence-electron chi connectivity index (χ2n) is 3.17. The first-order valence-corrected chi connectivity index (χ1v) is 5.11. The Balaban J connectivity index is 2.62. The van der Waals surface area contributed by atoms with Crippen molar-refractivity contribution in [3.05, 3.63) is 28.5 Å². The lowest BCUT2D eigenvalue weighted by molar-refractivity contribution is 0.173. The van der Waals surface area contributed by atoms with Crippen molar-refractivity contribution >= 4 is 15.9 Å². The highest BCUT2D eigenvalue weighted by atomic mass is 79.9. The maximum Gasteiger partial charge on any atom is 0.136 e. The van der Waals surface area contributed by atoms with Crippen molar-refractivity contribution in [2.45, 2.75) is 6.92 Å². The maximum absolute atomic E-state index is 12.8. The average Bonchev–Trinajstić information content (AvgIpc) is 2.19. The molecule has 0 aliphatic heterocycles. The minimum absolute atomic E-state index is 0.0465. The van der Waals surface area contributed by atoms with Gasteiger partial charge in [0, 0.05) is 18.6 Å². The molecule has 0 saturated heterocycles. The van der Waals surface area contributed by atoms with Crippen LogP contribution in [0.2, 0.25) is 0 Å². The van der Waals surface area contributed by atoms with Crippen LogP contribution >= 0.6 is 15.9 Å². The summed E-state index contributed by atoms with van der Waals surface area (Å²) >= 11 is 3.25. The second kappa shape index (κ2) is 5.32. The van der Waals surface area contributed by atoms with Crippen LogP contribution in [0.4, 0.5) is 4.39 Å². The molecule has 0 saturated carbocycles. The Labute approximate surface area is 90.8 Å². The monoisotopic (exact) mass is 262 g/mol. The van der Waals surface area contributed by atoms with Gasteiger partial charge in [-0.05, 0) is 28.1 Å². The summed E-state index contributed by atoms with van der Waals surface area (Å²) in [7, 11) is 0. The largest absolute Gasteiger partial charge is 0.492 e. The van der Waals surface area contributed by atoms with Gasteiger partial charge in [0.1, 0.15) is 11.6 Å². The van der Waals surface area contributed by atoms with Crippen LogP contribution in [-0.2, 0) is 0 Å². The number of rotatable bonds is 4. The van der Waals surface area contributed by atoms with E-state index in [9.17, 15) is 4.39 Å². The van der Waals surface area contributed by atoms with Crippen LogP contribution < -0.4 is 4.74 Å². The average molecular weight is 263 g/mol. The van der Waals surface area contributed by atoms with Gasteiger partial charge in [0.25, 0.3) is 0 Å². The van der Waals surface area contributed by atoms with Crippen molar-refractivity contribution in [1.82, 2.24) is 0 Å². The van der Waals surface area contributed by atoms with Gasteiger partial charge >= 0.3 is 0 Å². The molecule has 4 heteroatoms. The van der Waals surface area contributed by atoms with E-state index in [2.05, 4.69) is 15.9 Å². The van der Waals surface area contributed by atoms with Gasteiger partial charge < -0.3 is 9.84 Å². The smallest absolute Gasteiger partial charge is 0.136 e. The van der Waals surface area contributed by atoms with Gasteiger partial charge in [-0.3, -0.25) is 0 Å². The van der Waals surface area contributed by atoms with Crippen molar-refractivity contribution in [3.8, 4) is 5.75 Å². The predicted octanol–water partition coefficient (Wildman–Crippen LogP) is 2.60. The molecule has 1 atom stereocenters. The molecule has 0 aliphatic rings. The van der Waals surface area contributed by atoms with Gasteiger partial charge in [-0.2, -0.15) is 0 Å². The molecule has 14 heavy (non-hydrogen) atoms. The van der Waals surface area contributed by atoms with Gasteiger partial charge in [-0.1, -0.05) is 6.92 Å². The van der Waals surface area contributed by atoms with Crippen LogP contribution in [0, 0.1) is 11.7 Å². The quantitative estimate of drug-likeness (QED) is 0.904. The minimum atomic E-state index is -0.333. The summed E-state index contributed by atoms with van der Waals surface area (Å²) in [4.78, 5) is 0. The molecule has 1 unspecified atom stereocenters. The molecule has 0 bridgehead atoms. The zero-order valence-corrected chi connectivity index (χ0v) is 9.42. The first-order chi connectivity index (χ1) is 6.63. The lowest BCUT2D eigenvalue weighted by Crippen LogP contribution is -2.12. The number of aliphatic hydroxyl groups is 1. The number of hydrogen-bond acceptors (Lipinski definition) is 2. The van der Waals surface area contributed by atoms with Crippen molar-refractivity contribution in [3.63, 3.8) is 0 Å². The van der Waals surface area contributed by atoms with Crippen molar-refractivity contribution < 1.29 is 14.2 Å². The molecule has 0 aliphatic carbocycles. The Bertz CT molecular complexity index is 304. The zero-order chi connectivity index (χ0) is 10.6. The Kier molecular flexibility index (Phi) is 4.35. The molecule has 0 radical (unpaired) electrons. The number of benzene rings is 1. The fourth-order valence-electron chi connectivity index (χ4n) is 0.873. The molecule has 78 valence electrons. The zero-order valence-electron chi connectivity index (χ0n) is 7.84. The lowest BCUT2D eigenvalue weighted by atomic mass is 10.2. The third-order valence-electron chi connectivity index (χ3n) is 1.73. The number of aliphatic hydroxyl groups excluding tert-OH is 1. The van der Waals surface area contributed by atoms with Crippen molar-refractivity contribution in [1.29, 1.82) is 0 Å². The second-order valence-corrected chi connectivity index (χ2v) is 4.03. The number of hydrogen-bond donors (Lipinski definition) is 1. The van der Waals surface area contributed by atoms with Crippen molar-refractivity contribution in [2.24, 2.45) is 5.92 Å². The Morgan fingerprint density at radius 3 is 2.93 bits per heavy atom. The first kappa shape index (κ1) is 11.5. The van der Waals surface area contributed by atoms with E-state index < -0.39 is 0 Å². The molecule has 1 rings (SSSR count). The summed E-state index contributed by atoms with van der Waals surface area (Å²) in [6.45, 7) is 2.29. The van der Waals surface area contributed by atoms with Gasteiger partial charge in [0.2, 0.25) is 0 Å². The van der Waals surface area contributed by atoms with Gasteiger partial charge in [-0.25, -0.2) is 4.39 Å². The highest BCUT2D eigenvalue weighted by Gasteiger charge is 2.05. The molecule has 0 fully saturated rings. The van der Waals surface area contributed by atoms with E-state index in [1.807, 2.05) is 6.92 Å². The van der Waals surface area contributed by atoms with Crippen LogP contribution in [0.1, 0.15) is 6.92 Å². The van der Waals surface area contributed by atoms with E-state index >= 15 is 0 Å². The van der Waals surface area contributed by atoms with E-state index in [1.54, 1.807) is 6.07 Å². The van der Waals surface area contributed by atoms with Crippen LogP contribution in [0.15, 0.2) is 22.7 Å². The Morgan fingerprint density at radius 2 is 2.29 bits per heavy atom. The predicted molar refractivity (Wildman–Crippen MR) is 55.8 cm³/mol. The molecule has 2 nitrogen and oxygen atoms in total. The molecule has 0 amide bonds. The van der Waals surface area contributed by atoms with Crippen LogP contribution in [0.3, 0.4) is 0 Å². The van der Waals surface area contributed by atoms with E-state index in [-0.39, 0.29) is 18.3 Å². The maximum atomic E-state index is 12.8. The molecule has 0 heterocycles. The number of halogens is 2. The van der Waals surface area contributed by atoms with E-state index in [0.29, 0.717) is 16.8 Å². The number of ether oxygens (including phenoxy) is 1. The van der Waals surface area contributed by atoms with Crippen LogP contribution in [-0.4, -0.2) is 18.3 Å². The van der Waals surface area contributed by atoms with E-state index in [4.69, 9.17) is 9.84 Å². The van der Waals surface area contributed by atoms with E-state index in [0.717, 1.165) is 0 Å². The van der Waals surface area contributed by atoms with Gasteiger partial charge in [-0.15, -0.1) is 0 Å². The highest BCUT2D eigenvalue weighted by molar-refractivity contribution is 9.10. The summed E-state index contributed by atoms with van der Waals surface area (Å²) in [6.07, 6.45) is 0. The normalized spacial score (nSPS) is 12.6. The summed E-state index contributed by atoms with van der Waals surface area (Å²) in [5.74, 6) is 0.176. The topological polar surface area (TPSA) is 29.5 Å². The summed E-state index contributed by atoms with van der Waals surface area (Å²) in [5.41, 5.74) is 0. The summed E-state index contributed by atoms with van der Waals surface area (Å²) < 4.78 is 18.8. The molecule has 0 aromatic heterocycles. The lowest BCUT2D eigenvalue weighted by Gasteiger charge is -2.11. The Morgan fingerprint density at radius 1 is 1.57 bits per heavy atom. The fourth-order valence-corrected chi connectivity index (χ4v) is 1.23. The molecular formula is C10H12BrFO2. The third-order valence-corrected chi connectivity index (χ3v) is 2.38. The van der Waals surface area contributed by atoms with Crippen LogP contribution in [0.5, 0.6) is 5.75 Å². The fraction of sp³-hybridized carbons (Fsp3) is 0.400. The molecule has 0 spiro atoms. The highest BCUT2D eigenvalue weighted by Crippen LogP contribution is 2.25. The van der Waals surface area contributed by atoms with Gasteiger partial charge in [0.05, 0.1) is 11.1 Å². The molecule has 1 aromatic rings. The molecule has 1 N–H and O–H groups in total. The standard InChI is InChI=1S/C10H12BrFO2/c1-7(5-13)6-14-10-4-8(12)2-3-9(10)11/h2-4,7,13H,5-6H2,1H3. The van der Waals surface area contributed by atoms with Crippen LogP contribution in [0.25, 0.3) is 0 Å². The van der Waals surface area contributed by atoms with E-state index in [1.165, 1.54) is 12.1 Å². The first-order valence-electron chi connectivity index (χ1n) is 4.32. The summed E-state index contributed by atoms with van der Waals surface area (Å²) in [6, 6.07) is 4.26. The molecule has 1 aromatic carbocycles. The third kappa shape index (κ3) is 3.27. The van der Waals surface area contributed by atoms with Crippen molar-refractivity contribution in [2.75, 3.05) is 13.2 Å². The SMILES string of the molecule is CC(CO)COc1cc(F)ccc1Br.